The summed E-state index contributed by atoms with van der Waals surface area (Å²) in [5, 5.41) is 2.72. The van der Waals surface area contributed by atoms with E-state index in [1.165, 1.54) is 0 Å². The lowest BCUT2D eigenvalue weighted by molar-refractivity contribution is -0.121. The minimum Gasteiger partial charge on any atom is -0.398 e. The number of nitrogens with two attached hydrogens (primary N) is 1. The zero-order valence-corrected chi connectivity index (χ0v) is 13.0. The van der Waals surface area contributed by atoms with Gasteiger partial charge in [-0.25, -0.2) is 0 Å². The number of nitrogen functional groups attached to an aromatic ring is 1. The van der Waals surface area contributed by atoms with Crippen molar-refractivity contribution in [2.24, 2.45) is 0 Å². The summed E-state index contributed by atoms with van der Waals surface area (Å²) < 4.78 is 12.4. The van der Waals surface area contributed by atoms with Gasteiger partial charge < -0.3 is 11.1 Å². The molecule has 1 aromatic rings. The minimum absolute atomic E-state index is 0.164. The minimum atomic E-state index is -1.43. The summed E-state index contributed by atoms with van der Waals surface area (Å²) in [4.78, 5) is 12.6. The molecule has 0 spiro atoms. The van der Waals surface area contributed by atoms with E-state index in [1.54, 1.807) is 25.1 Å². The van der Waals surface area contributed by atoms with E-state index in [9.17, 15) is 9.00 Å². The standard InChI is InChI=1S/C14H19ClN2O2S/c1-9(14(18)17-10-4-2-3-5-10)20(19)11-6-7-13(16)12(15)8-11/h6-10H,2-5,16H2,1H3,(H,17,18). The third kappa shape index (κ3) is 3.52. The van der Waals surface area contributed by atoms with Gasteiger partial charge in [-0.2, -0.15) is 0 Å². The Morgan fingerprint density at radius 1 is 1.45 bits per heavy atom. The first-order valence-electron chi connectivity index (χ1n) is 6.75. The Morgan fingerprint density at radius 2 is 2.10 bits per heavy atom. The number of nitrogens with one attached hydrogen (secondary N) is 1. The maximum absolute atomic E-state index is 12.4. The highest BCUT2D eigenvalue weighted by molar-refractivity contribution is 7.86. The maximum atomic E-state index is 12.4. The zero-order chi connectivity index (χ0) is 14.7. The van der Waals surface area contributed by atoms with Crippen LogP contribution in [0.4, 0.5) is 5.69 Å². The maximum Gasteiger partial charge on any atom is 0.236 e. The van der Waals surface area contributed by atoms with E-state index in [0.717, 1.165) is 25.7 Å². The van der Waals surface area contributed by atoms with E-state index in [-0.39, 0.29) is 11.9 Å². The predicted molar refractivity (Wildman–Crippen MR) is 82.1 cm³/mol. The van der Waals surface area contributed by atoms with Crippen LogP contribution in [0.2, 0.25) is 5.02 Å². The Labute approximate surface area is 126 Å². The van der Waals surface area contributed by atoms with Crippen LogP contribution in [-0.4, -0.2) is 21.4 Å². The molecule has 0 heterocycles. The van der Waals surface area contributed by atoms with E-state index in [0.29, 0.717) is 15.6 Å². The van der Waals surface area contributed by atoms with Gasteiger partial charge in [-0.05, 0) is 38.0 Å². The molecule has 1 amide bonds. The van der Waals surface area contributed by atoms with Crippen LogP contribution in [0.15, 0.2) is 23.1 Å². The summed E-state index contributed by atoms with van der Waals surface area (Å²) in [6.45, 7) is 1.67. The van der Waals surface area contributed by atoms with Crippen molar-refractivity contribution in [3.8, 4) is 0 Å². The van der Waals surface area contributed by atoms with Gasteiger partial charge in [0, 0.05) is 10.9 Å². The van der Waals surface area contributed by atoms with E-state index in [1.807, 2.05) is 0 Å². The van der Waals surface area contributed by atoms with E-state index in [4.69, 9.17) is 17.3 Å². The quantitative estimate of drug-likeness (QED) is 0.839. The normalized spacial score (nSPS) is 18.7. The van der Waals surface area contributed by atoms with Crippen molar-refractivity contribution in [3.05, 3.63) is 23.2 Å². The summed E-state index contributed by atoms with van der Waals surface area (Å²) in [6, 6.07) is 5.05. The lowest BCUT2D eigenvalue weighted by Gasteiger charge is -2.16. The molecule has 3 N–H and O–H groups in total. The SMILES string of the molecule is CC(C(=O)NC1CCCC1)S(=O)c1ccc(N)c(Cl)c1. The molecule has 20 heavy (non-hydrogen) atoms. The molecule has 0 aromatic heterocycles. The first-order valence-corrected chi connectivity index (χ1v) is 8.34. The second kappa shape index (κ2) is 6.59. The number of hydrogen-bond acceptors (Lipinski definition) is 3. The molecule has 4 nitrogen and oxygen atoms in total. The first-order chi connectivity index (χ1) is 9.49. The van der Waals surface area contributed by atoms with Crippen molar-refractivity contribution >= 4 is 34.0 Å². The molecule has 1 saturated carbocycles. The highest BCUT2D eigenvalue weighted by Gasteiger charge is 2.25. The molecular formula is C14H19ClN2O2S. The molecule has 0 saturated heterocycles. The number of rotatable bonds is 4. The number of hydrogen-bond donors (Lipinski definition) is 2. The van der Waals surface area contributed by atoms with Gasteiger partial charge >= 0.3 is 0 Å². The van der Waals surface area contributed by atoms with Gasteiger partial charge in [0.1, 0.15) is 5.25 Å². The van der Waals surface area contributed by atoms with E-state index in [2.05, 4.69) is 5.32 Å². The fourth-order valence-corrected chi connectivity index (χ4v) is 3.68. The molecule has 2 atom stereocenters. The molecule has 2 unspecified atom stereocenters. The van der Waals surface area contributed by atoms with Crippen molar-refractivity contribution in [2.45, 2.75) is 48.8 Å². The largest absolute Gasteiger partial charge is 0.398 e. The molecule has 0 aliphatic heterocycles. The third-order valence-corrected chi connectivity index (χ3v) is 5.50. The molecule has 1 aliphatic carbocycles. The van der Waals surface area contributed by atoms with Gasteiger partial charge in [0.05, 0.1) is 21.5 Å². The predicted octanol–water partition coefficient (Wildman–Crippen LogP) is 2.48. The van der Waals surface area contributed by atoms with Gasteiger partial charge in [-0.3, -0.25) is 9.00 Å². The number of carbonyl (C=O) groups excluding carboxylic acids is 1. The molecular weight excluding hydrogens is 296 g/mol. The lowest BCUT2D eigenvalue weighted by Crippen LogP contribution is -2.40. The van der Waals surface area contributed by atoms with Crippen molar-refractivity contribution in [2.75, 3.05) is 5.73 Å². The van der Waals surface area contributed by atoms with E-state index < -0.39 is 16.0 Å². The van der Waals surface area contributed by atoms with Crippen molar-refractivity contribution in [3.63, 3.8) is 0 Å². The second-order valence-electron chi connectivity index (χ2n) is 5.11. The lowest BCUT2D eigenvalue weighted by atomic mass is 10.2. The van der Waals surface area contributed by atoms with Crippen LogP contribution in [0.5, 0.6) is 0 Å². The van der Waals surface area contributed by atoms with Crippen LogP contribution in [0.3, 0.4) is 0 Å². The van der Waals surface area contributed by atoms with Crippen molar-refractivity contribution < 1.29 is 9.00 Å². The van der Waals surface area contributed by atoms with Crippen LogP contribution in [0.1, 0.15) is 32.6 Å². The zero-order valence-electron chi connectivity index (χ0n) is 11.4. The third-order valence-electron chi connectivity index (χ3n) is 3.60. The molecule has 6 heteroatoms. The molecule has 1 aliphatic rings. The Kier molecular flexibility index (Phi) is 5.05. The molecule has 0 bridgehead atoms. The number of halogens is 1. The summed E-state index contributed by atoms with van der Waals surface area (Å²) >= 11 is 5.92. The number of amides is 1. The molecule has 1 aromatic carbocycles. The molecule has 110 valence electrons. The molecule has 0 radical (unpaired) electrons. The first kappa shape index (κ1) is 15.3. The summed E-state index contributed by atoms with van der Waals surface area (Å²) in [5.41, 5.74) is 6.06. The average Bonchev–Trinajstić information content (AvgIpc) is 2.93. The Hall–Kier alpha value is -1.07. The second-order valence-corrected chi connectivity index (χ2v) is 7.29. The topological polar surface area (TPSA) is 72.2 Å². The fraction of sp³-hybridized carbons (Fsp3) is 0.500. The molecule has 2 rings (SSSR count). The number of benzene rings is 1. The highest BCUT2D eigenvalue weighted by Crippen LogP contribution is 2.23. The summed E-state index contributed by atoms with van der Waals surface area (Å²) in [6.07, 6.45) is 4.32. The number of carbonyl (C=O) groups is 1. The van der Waals surface area contributed by atoms with Crippen molar-refractivity contribution in [1.82, 2.24) is 5.32 Å². The fourth-order valence-electron chi connectivity index (χ4n) is 2.32. The van der Waals surface area contributed by atoms with Gasteiger partial charge in [0.15, 0.2) is 0 Å². The number of anilines is 1. The Morgan fingerprint density at radius 3 is 2.70 bits per heavy atom. The summed E-state index contributed by atoms with van der Waals surface area (Å²) in [5.74, 6) is -0.164. The Bertz CT molecular complexity index is 530. The van der Waals surface area contributed by atoms with Crippen LogP contribution >= 0.6 is 11.6 Å². The van der Waals surface area contributed by atoms with E-state index >= 15 is 0 Å². The summed E-state index contributed by atoms with van der Waals surface area (Å²) in [7, 11) is -1.43. The van der Waals surface area contributed by atoms with Crippen LogP contribution in [0, 0.1) is 0 Å². The monoisotopic (exact) mass is 314 g/mol. The molecule has 1 fully saturated rings. The van der Waals surface area contributed by atoms with Gasteiger partial charge in [0.2, 0.25) is 5.91 Å². The van der Waals surface area contributed by atoms with Crippen LogP contribution in [-0.2, 0) is 15.6 Å². The van der Waals surface area contributed by atoms with Gasteiger partial charge in [-0.15, -0.1) is 0 Å². The Balaban J connectivity index is 2.03. The average molecular weight is 315 g/mol. The van der Waals surface area contributed by atoms with Crippen LogP contribution < -0.4 is 11.1 Å². The van der Waals surface area contributed by atoms with Gasteiger partial charge in [-0.1, -0.05) is 24.4 Å². The van der Waals surface area contributed by atoms with Crippen LogP contribution in [0.25, 0.3) is 0 Å². The van der Waals surface area contributed by atoms with Gasteiger partial charge in [0.25, 0.3) is 0 Å². The smallest absolute Gasteiger partial charge is 0.236 e. The highest BCUT2D eigenvalue weighted by atomic mass is 35.5. The van der Waals surface area contributed by atoms with Crippen molar-refractivity contribution in [1.29, 1.82) is 0 Å².